The number of carbonyl (C=O) groups is 1. The molecule has 0 spiro atoms. The number of aryl methyl sites for hydroxylation is 1. The van der Waals surface area contributed by atoms with E-state index >= 15 is 0 Å². The molecule has 0 aliphatic heterocycles. The summed E-state index contributed by atoms with van der Waals surface area (Å²) in [6.07, 6.45) is 0. The first-order valence-electron chi connectivity index (χ1n) is 5.90. The fourth-order valence-electron chi connectivity index (χ4n) is 1.78. The molecule has 0 atom stereocenters. The van der Waals surface area contributed by atoms with Gasteiger partial charge in [-0.25, -0.2) is 0 Å². The summed E-state index contributed by atoms with van der Waals surface area (Å²) in [6, 6.07) is 8.88. The predicted octanol–water partition coefficient (Wildman–Crippen LogP) is 4.46. The summed E-state index contributed by atoms with van der Waals surface area (Å²) >= 11 is 11.6. The third-order valence-electron chi connectivity index (χ3n) is 2.83. The second kappa shape index (κ2) is 6.11. The topological polar surface area (TPSA) is 72.2 Å². The Labute approximate surface area is 130 Å². The number of nitro groups is 1. The molecule has 0 aliphatic rings. The normalized spacial score (nSPS) is 10.2. The van der Waals surface area contributed by atoms with Gasteiger partial charge in [0, 0.05) is 22.9 Å². The quantitative estimate of drug-likeness (QED) is 0.669. The van der Waals surface area contributed by atoms with Gasteiger partial charge in [-0.3, -0.25) is 14.9 Å². The van der Waals surface area contributed by atoms with Crippen molar-refractivity contribution in [2.45, 2.75) is 6.92 Å². The standard InChI is InChI=1S/C14H10Cl2N2O3/c1-8-6-10(3-5-13(8)18(20)21)17-14(19)9-2-4-11(15)12(16)7-9/h2-7H,1H3,(H,17,19). The zero-order valence-corrected chi connectivity index (χ0v) is 12.4. The Balaban J connectivity index is 2.21. The van der Waals surface area contributed by atoms with E-state index in [0.29, 0.717) is 21.8 Å². The fourth-order valence-corrected chi connectivity index (χ4v) is 2.08. The molecule has 0 unspecified atom stereocenters. The maximum atomic E-state index is 12.1. The van der Waals surface area contributed by atoms with Gasteiger partial charge in [0.25, 0.3) is 11.6 Å². The van der Waals surface area contributed by atoms with E-state index in [-0.39, 0.29) is 16.6 Å². The van der Waals surface area contributed by atoms with Gasteiger partial charge in [0.1, 0.15) is 0 Å². The molecule has 0 saturated carbocycles. The van der Waals surface area contributed by atoms with E-state index in [1.165, 1.54) is 30.3 Å². The van der Waals surface area contributed by atoms with Crippen molar-refractivity contribution >= 4 is 40.5 Å². The summed E-state index contributed by atoms with van der Waals surface area (Å²) in [5.74, 6) is -0.373. The van der Waals surface area contributed by atoms with Crippen molar-refractivity contribution in [3.05, 3.63) is 67.7 Å². The zero-order valence-electron chi connectivity index (χ0n) is 10.9. The highest BCUT2D eigenvalue weighted by Crippen LogP contribution is 2.24. The van der Waals surface area contributed by atoms with Crippen LogP contribution in [0.5, 0.6) is 0 Å². The first-order valence-corrected chi connectivity index (χ1v) is 6.65. The molecule has 0 saturated heterocycles. The molecule has 1 N–H and O–H groups in total. The Hall–Kier alpha value is -2.11. The number of nitrogens with zero attached hydrogens (tertiary/aromatic N) is 1. The number of anilines is 1. The van der Waals surface area contributed by atoms with Crippen LogP contribution in [0.1, 0.15) is 15.9 Å². The van der Waals surface area contributed by atoms with Crippen LogP contribution in [0.3, 0.4) is 0 Å². The first kappa shape index (κ1) is 15.3. The van der Waals surface area contributed by atoms with Crippen LogP contribution in [0.2, 0.25) is 10.0 Å². The molecule has 2 aromatic carbocycles. The van der Waals surface area contributed by atoms with E-state index in [1.54, 1.807) is 13.0 Å². The van der Waals surface area contributed by atoms with Gasteiger partial charge in [0.05, 0.1) is 15.0 Å². The van der Waals surface area contributed by atoms with Crippen LogP contribution in [-0.2, 0) is 0 Å². The van der Waals surface area contributed by atoms with Crippen LogP contribution in [0.25, 0.3) is 0 Å². The number of rotatable bonds is 3. The number of hydrogen-bond acceptors (Lipinski definition) is 3. The summed E-state index contributed by atoms with van der Waals surface area (Å²) < 4.78 is 0. The highest BCUT2D eigenvalue weighted by Gasteiger charge is 2.13. The van der Waals surface area contributed by atoms with Crippen molar-refractivity contribution in [2.24, 2.45) is 0 Å². The Morgan fingerprint density at radius 2 is 1.86 bits per heavy atom. The minimum absolute atomic E-state index is 0.00235. The minimum Gasteiger partial charge on any atom is -0.322 e. The van der Waals surface area contributed by atoms with E-state index in [4.69, 9.17) is 23.2 Å². The lowest BCUT2D eigenvalue weighted by Crippen LogP contribution is -2.12. The van der Waals surface area contributed by atoms with Crippen LogP contribution in [-0.4, -0.2) is 10.8 Å². The van der Waals surface area contributed by atoms with Gasteiger partial charge in [0.2, 0.25) is 0 Å². The van der Waals surface area contributed by atoms with Gasteiger partial charge >= 0.3 is 0 Å². The average molecular weight is 325 g/mol. The van der Waals surface area contributed by atoms with Gasteiger partial charge in [-0.1, -0.05) is 23.2 Å². The smallest absolute Gasteiger partial charge is 0.272 e. The Morgan fingerprint density at radius 1 is 1.14 bits per heavy atom. The molecule has 0 radical (unpaired) electrons. The number of benzene rings is 2. The van der Waals surface area contributed by atoms with Crippen molar-refractivity contribution in [2.75, 3.05) is 5.32 Å². The van der Waals surface area contributed by atoms with Gasteiger partial charge in [-0.15, -0.1) is 0 Å². The van der Waals surface area contributed by atoms with E-state index in [1.807, 2.05) is 0 Å². The molecule has 1 amide bonds. The SMILES string of the molecule is Cc1cc(NC(=O)c2ccc(Cl)c(Cl)c2)ccc1[N+](=O)[O-]. The van der Waals surface area contributed by atoms with Crippen LogP contribution >= 0.6 is 23.2 Å². The number of nitrogens with one attached hydrogen (secondary N) is 1. The lowest BCUT2D eigenvalue weighted by atomic mass is 10.1. The molecule has 2 rings (SSSR count). The van der Waals surface area contributed by atoms with Crippen LogP contribution in [0.4, 0.5) is 11.4 Å². The molecule has 7 heteroatoms. The molecule has 21 heavy (non-hydrogen) atoms. The number of hydrogen-bond donors (Lipinski definition) is 1. The molecule has 108 valence electrons. The minimum atomic E-state index is -0.472. The lowest BCUT2D eigenvalue weighted by Gasteiger charge is -2.07. The highest BCUT2D eigenvalue weighted by molar-refractivity contribution is 6.42. The molecule has 0 aliphatic carbocycles. The molecule has 5 nitrogen and oxygen atoms in total. The van der Waals surface area contributed by atoms with E-state index in [9.17, 15) is 14.9 Å². The molecule has 0 bridgehead atoms. The monoisotopic (exact) mass is 324 g/mol. The maximum Gasteiger partial charge on any atom is 0.272 e. The summed E-state index contributed by atoms with van der Waals surface area (Å²) in [5, 5.41) is 14.0. The Bertz CT molecular complexity index is 732. The van der Waals surface area contributed by atoms with Gasteiger partial charge in [-0.2, -0.15) is 0 Å². The van der Waals surface area contributed by atoms with E-state index < -0.39 is 4.92 Å². The van der Waals surface area contributed by atoms with Crippen LogP contribution < -0.4 is 5.32 Å². The van der Waals surface area contributed by atoms with Gasteiger partial charge in [-0.05, 0) is 37.3 Å². The Kier molecular flexibility index (Phi) is 4.45. The maximum absolute atomic E-state index is 12.1. The summed E-state index contributed by atoms with van der Waals surface area (Å²) in [4.78, 5) is 22.3. The highest BCUT2D eigenvalue weighted by atomic mass is 35.5. The third kappa shape index (κ3) is 3.51. The second-order valence-corrected chi connectivity index (χ2v) is 5.16. The number of amides is 1. The average Bonchev–Trinajstić information content (AvgIpc) is 2.41. The Morgan fingerprint density at radius 3 is 2.43 bits per heavy atom. The number of carbonyl (C=O) groups excluding carboxylic acids is 1. The molecular weight excluding hydrogens is 315 g/mol. The van der Waals surface area contributed by atoms with Crippen molar-refractivity contribution < 1.29 is 9.72 Å². The fraction of sp³-hybridized carbons (Fsp3) is 0.0714. The molecule has 0 aromatic heterocycles. The van der Waals surface area contributed by atoms with Crippen molar-refractivity contribution in [1.29, 1.82) is 0 Å². The van der Waals surface area contributed by atoms with Gasteiger partial charge < -0.3 is 5.32 Å². The molecular formula is C14H10Cl2N2O3. The van der Waals surface area contributed by atoms with Crippen molar-refractivity contribution in [3.8, 4) is 0 Å². The lowest BCUT2D eigenvalue weighted by molar-refractivity contribution is -0.385. The summed E-state index contributed by atoms with van der Waals surface area (Å²) in [6.45, 7) is 1.60. The largest absolute Gasteiger partial charge is 0.322 e. The van der Waals surface area contributed by atoms with Gasteiger partial charge in [0.15, 0.2) is 0 Å². The number of halogens is 2. The second-order valence-electron chi connectivity index (χ2n) is 4.34. The molecule has 0 heterocycles. The van der Waals surface area contributed by atoms with E-state index in [0.717, 1.165) is 0 Å². The first-order chi connectivity index (χ1) is 9.88. The molecule has 0 fully saturated rings. The van der Waals surface area contributed by atoms with Crippen molar-refractivity contribution in [1.82, 2.24) is 0 Å². The third-order valence-corrected chi connectivity index (χ3v) is 3.57. The molecule has 2 aromatic rings. The zero-order chi connectivity index (χ0) is 15.6. The van der Waals surface area contributed by atoms with Crippen LogP contribution in [0.15, 0.2) is 36.4 Å². The predicted molar refractivity (Wildman–Crippen MR) is 82.2 cm³/mol. The van der Waals surface area contributed by atoms with Crippen molar-refractivity contribution in [3.63, 3.8) is 0 Å². The summed E-state index contributed by atoms with van der Waals surface area (Å²) in [5.41, 5.74) is 1.28. The van der Waals surface area contributed by atoms with E-state index in [2.05, 4.69) is 5.32 Å². The number of nitro benzene ring substituents is 1. The van der Waals surface area contributed by atoms with Crippen LogP contribution in [0, 0.1) is 17.0 Å². The summed E-state index contributed by atoms with van der Waals surface area (Å²) in [7, 11) is 0.